The maximum atomic E-state index is 11.7. The van der Waals surface area contributed by atoms with Crippen molar-refractivity contribution in [1.29, 1.82) is 0 Å². The van der Waals surface area contributed by atoms with Gasteiger partial charge in [0.05, 0.1) is 17.3 Å². The number of fused-ring (bicyclic) bond motifs is 1. The fourth-order valence-corrected chi connectivity index (χ4v) is 2.99. The Morgan fingerprint density at radius 2 is 2.15 bits per heavy atom. The molecule has 3 aromatic rings. The minimum Gasteiger partial charge on any atom is -0.368 e. The molecule has 1 aliphatic rings. The van der Waals surface area contributed by atoms with Crippen molar-refractivity contribution >= 4 is 34.4 Å². The molecule has 8 heteroatoms. The van der Waals surface area contributed by atoms with Gasteiger partial charge in [-0.05, 0) is 38.0 Å². The van der Waals surface area contributed by atoms with Crippen LogP contribution in [0.15, 0.2) is 30.5 Å². The SMILES string of the molecule is Cc1nc(NCCNC(=O)C2CC2)c2cnn(-c3cccc(Cl)c3)c2n1. The standard InChI is InChI=1S/C18H19ClN6O/c1-11-23-16(20-7-8-21-18(26)12-5-6-12)15-10-22-25(17(15)24-11)14-4-2-3-13(19)9-14/h2-4,9-10,12H,5-8H2,1H3,(H,21,26)(H,20,23,24). The van der Waals surface area contributed by atoms with E-state index in [1.807, 2.05) is 31.2 Å². The smallest absolute Gasteiger partial charge is 0.223 e. The number of halogens is 1. The van der Waals surface area contributed by atoms with Gasteiger partial charge in [-0.1, -0.05) is 17.7 Å². The Labute approximate surface area is 155 Å². The third kappa shape index (κ3) is 3.48. The average Bonchev–Trinajstić information content (AvgIpc) is 3.38. The third-order valence-corrected chi connectivity index (χ3v) is 4.49. The van der Waals surface area contributed by atoms with Crippen LogP contribution in [0.2, 0.25) is 5.02 Å². The summed E-state index contributed by atoms with van der Waals surface area (Å²) in [5.41, 5.74) is 1.55. The predicted molar refractivity (Wildman–Crippen MR) is 101 cm³/mol. The number of amides is 1. The summed E-state index contributed by atoms with van der Waals surface area (Å²) < 4.78 is 1.75. The van der Waals surface area contributed by atoms with Crippen molar-refractivity contribution < 1.29 is 4.79 Å². The topological polar surface area (TPSA) is 84.7 Å². The van der Waals surface area contributed by atoms with Crippen molar-refractivity contribution in [1.82, 2.24) is 25.1 Å². The number of benzene rings is 1. The van der Waals surface area contributed by atoms with Gasteiger partial charge < -0.3 is 10.6 Å². The molecule has 134 valence electrons. The van der Waals surface area contributed by atoms with E-state index in [2.05, 4.69) is 25.7 Å². The second-order valence-corrected chi connectivity index (χ2v) is 6.82. The molecule has 4 rings (SSSR count). The van der Waals surface area contributed by atoms with Gasteiger partial charge in [0.15, 0.2) is 5.65 Å². The molecule has 26 heavy (non-hydrogen) atoms. The highest BCUT2D eigenvalue weighted by atomic mass is 35.5. The summed E-state index contributed by atoms with van der Waals surface area (Å²) in [5, 5.41) is 12.1. The largest absolute Gasteiger partial charge is 0.368 e. The summed E-state index contributed by atoms with van der Waals surface area (Å²) in [6.45, 7) is 2.99. The molecule has 2 N–H and O–H groups in total. The Kier molecular flexibility index (Phi) is 4.46. The van der Waals surface area contributed by atoms with Crippen molar-refractivity contribution in [2.75, 3.05) is 18.4 Å². The van der Waals surface area contributed by atoms with Gasteiger partial charge in [-0.2, -0.15) is 5.10 Å². The van der Waals surface area contributed by atoms with E-state index in [0.717, 1.165) is 23.9 Å². The fourth-order valence-electron chi connectivity index (χ4n) is 2.80. The molecule has 0 aliphatic heterocycles. The number of anilines is 1. The summed E-state index contributed by atoms with van der Waals surface area (Å²) in [6, 6.07) is 7.46. The number of nitrogens with one attached hydrogen (secondary N) is 2. The molecule has 0 radical (unpaired) electrons. The lowest BCUT2D eigenvalue weighted by atomic mass is 10.3. The molecule has 1 amide bonds. The lowest BCUT2D eigenvalue weighted by Crippen LogP contribution is -2.30. The van der Waals surface area contributed by atoms with E-state index in [1.54, 1.807) is 10.9 Å². The first-order valence-corrected chi connectivity index (χ1v) is 8.99. The van der Waals surface area contributed by atoms with Crippen LogP contribution in [0.25, 0.3) is 16.7 Å². The van der Waals surface area contributed by atoms with Crippen molar-refractivity contribution in [2.24, 2.45) is 5.92 Å². The van der Waals surface area contributed by atoms with Crippen LogP contribution in [0.3, 0.4) is 0 Å². The maximum absolute atomic E-state index is 11.7. The van der Waals surface area contributed by atoms with E-state index >= 15 is 0 Å². The zero-order chi connectivity index (χ0) is 18.1. The number of carbonyl (C=O) groups is 1. The number of aryl methyl sites for hydroxylation is 1. The molecule has 0 bridgehead atoms. The molecule has 0 spiro atoms. The number of carbonyl (C=O) groups excluding carboxylic acids is 1. The number of hydrogen-bond acceptors (Lipinski definition) is 5. The zero-order valence-corrected chi connectivity index (χ0v) is 15.1. The Bertz CT molecular complexity index is 965. The number of aromatic nitrogens is 4. The van der Waals surface area contributed by atoms with Gasteiger partial charge in [0.25, 0.3) is 0 Å². The molecular weight excluding hydrogens is 352 g/mol. The van der Waals surface area contributed by atoms with E-state index < -0.39 is 0 Å². The van der Waals surface area contributed by atoms with Crippen LogP contribution in [-0.2, 0) is 4.79 Å². The van der Waals surface area contributed by atoms with E-state index in [0.29, 0.717) is 35.4 Å². The Morgan fingerprint density at radius 3 is 2.92 bits per heavy atom. The zero-order valence-electron chi connectivity index (χ0n) is 14.4. The Hall–Kier alpha value is -2.67. The Balaban J connectivity index is 1.54. The minimum absolute atomic E-state index is 0.143. The quantitative estimate of drug-likeness (QED) is 0.652. The van der Waals surface area contributed by atoms with Gasteiger partial charge in [0.1, 0.15) is 11.6 Å². The van der Waals surface area contributed by atoms with Gasteiger partial charge in [-0.25, -0.2) is 14.6 Å². The monoisotopic (exact) mass is 370 g/mol. The average molecular weight is 371 g/mol. The lowest BCUT2D eigenvalue weighted by Gasteiger charge is -2.09. The number of hydrogen-bond donors (Lipinski definition) is 2. The first-order valence-electron chi connectivity index (χ1n) is 8.62. The van der Waals surface area contributed by atoms with Gasteiger partial charge in [-0.15, -0.1) is 0 Å². The fraction of sp³-hybridized carbons (Fsp3) is 0.333. The van der Waals surface area contributed by atoms with E-state index in [1.165, 1.54) is 0 Å². The van der Waals surface area contributed by atoms with Crippen LogP contribution in [0.5, 0.6) is 0 Å². The van der Waals surface area contributed by atoms with Gasteiger partial charge >= 0.3 is 0 Å². The first-order chi connectivity index (χ1) is 12.6. The van der Waals surface area contributed by atoms with Crippen LogP contribution in [0, 0.1) is 12.8 Å². The molecule has 0 atom stereocenters. The molecular formula is C18H19ClN6O. The molecule has 1 aliphatic carbocycles. The van der Waals surface area contributed by atoms with Crippen molar-refractivity contribution in [3.05, 3.63) is 41.3 Å². The summed E-state index contributed by atoms with van der Waals surface area (Å²) in [5.74, 6) is 1.72. The summed E-state index contributed by atoms with van der Waals surface area (Å²) in [6.07, 6.45) is 3.75. The molecule has 7 nitrogen and oxygen atoms in total. The molecule has 2 heterocycles. The van der Waals surface area contributed by atoms with Crippen molar-refractivity contribution in [3.63, 3.8) is 0 Å². The summed E-state index contributed by atoms with van der Waals surface area (Å²) in [4.78, 5) is 20.7. The van der Waals surface area contributed by atoms with Gasteiger partial charge in [0, 0.05) is 24.0 Å². The minimum atomic E-state index is 0.143. The molecule has 0 unspecified atom stereocenters. The number of rotatable bonds is 6. The molecule has 1 saturated carbocycles. The van der Waals surface area contributed by atoms with Crippen molar-refractivity contribution in [2.45, 2.75) is 19.8 Å². The van der Waals surface area contributed by atoms with E-state index in [9.17, 15) is 4.79 Å². The van der Waals surface area contributed by atoms with Crippen LogP contribution in [0.1, 0.15) is 18.7 Å². The summed E-state index contributed by atoms with van der Waals surface area (Å²) in [7, 11) is 0. The second-order valence-electron chi connectivity index (χ2n) is 6.39. The second kappa shape index (κ2) is 6.92. The van der Waals surface area contributed by atoms with Crippen LogP contribution >= 0.6 is 11.6 Å². The van der Waals surface area contributed by atoms with Crippen LogP contribution in [-0.4, -0.2) is 38.7 Å². The Morgan fingerprint density at radius 1 is 1.31 bits per heavy atom. The predicted octanol–water partition coefficient (Wildman–Crippen LogP) is 2.72. The molecule has 0 saturated heterocycles. The van der Waals surface area contributed by atoms with Gasteiger partial charge in [0.2, 0.25) is 5.91 Å². The highest BCUT2D eigenvalue weighted by Gasteiger charge is 2.29. The highest BCUT2D eigenvalue weighted by molar-refractivity contribution is 6.30. The molecule has 1 aromatic carbocycles. The lowest BCUT2D eigenvalue weighted by molar-refractivity contribution is -0.122. The van der Waals surface area contributed by atoms with Crippen molar-refractivity contribution in [3.8, 4) is 5.69 Å². The van der Waals surface area contributed by atoms with Crippen LogP contribution in [0.4, 0.5) is 5.82 Å². The number of nitrogens with zero attached hydrogens (tertiary/aromatic N) is 4. The molecule has 2 aromatic heterocycles. The summed E-state index contributed by atoms with van der Waals surface area (Å²) >= 11 is 6.09. The van der Waals surface area contributed by atoms with E-state index in [4.69, 9.17) is 11.6 Å². The maximum Gasteiger partial charge on any atom is 0.223 e. The first kappa shape index (κ1) is 16.8. The van der Waals surface area contributed by atoms with E-state index in [-0.39, 0.29) is 11.8 Å². The third-order valence-electron chi connectivity index (χ3n) is 4.26. The normalized spacial score (nSPS) is 13.8. The highest BCUT2D eigenvalue weighted by Crippen LogP contribution is 2.28. The van der Waals surface area contributed by atoms with Gasteiger partial charge in [-0.3, -0.25) is 4.79 Å². The molecule has 1 fully saturated rings. The van der Waals surface area contributed by atoms with Crippen LogP contribution < -0.4 is 10.6 Å².